The van der Waals surface area contributed by atoms with Crippen molar-refractivity contribution in [2.45, 2.75) is 26.4 Å². The molecule has 7 heteroatoms. The van der Waals surface area contributed by atoms with Crippen molar-refractivity contribution < 1.29 is 4.79 Å². The average Bonchev–Trinajstić information content (AvgIpc) is 2.20. The lowest BCUT2D eigenvalue weighted by Gasteiger charge is -2.14. The van der Waals surface area contributed by atoms with Crippen LogP contribution in [0.4, 0.5) is 0 Å². The molecule has 0 aromatic carbocycles. The molecule has 0 radical (unpaired) electrons. The van der Waals surface area contributed by atoms with Gasteiger partial charge in [-0.15, -0.1) is 0 Å². The van der Waals surface area contributed by atoms with Crippen LogP contribution in [0.15, 0.2) is 9.27 Å². The summed E-state index contributed by atoms with van der Waals surface area (Å²) >= 11 is 3.31. The quantitative estimate of drug-likeness (QED) is 0.778. The van der Waals surface area contributed by atoms with Gasteiger partial charge in [-0.3, -0.25) is 9.36 Å². The minimum atomic E-state index is -0.896. The molecule has 1 heterocycles. The van der Waals surface area contributed by atoms with E-state index in [1.54, 1.807) is 13.8 Å². The van der Waals surface area contributed by atoms with Gasteiger partial charge < -0.3 is 11.5 Å². The molecule has 88 valence electrons. The highest BCUT2D eigenvalue weighted by atomic mass is 79.9. The summed E-state index contributed by atoms with van der Waals surface area (Å²) in [5.41, 5.74) is 11.4. The van der Waals surface area contributed by atoms with E-state index in [2.05, 4.69) is 20.9 Å². The summed E-state index contributed by atoms with van der Waals surface area (Å²) in [5.74, 6) is -0.650. The van der Waals surface area contributed by atoms with E-state index in [0.717, 1.165) is 4.47 Å². The van der Waals surface area contributed by atoms with E-state index in [4.69, 9.17) is 11.5 Å². The minimum Gasteiger partial charge on any atom is -0.368 e. The lowest BCUT2D eigenvalue weighted by Crippen LogP contribution is -2.43. The summed E-state index contributed by atoms with van der Waals surface area (Å²) in [7, 11) is 0. The maximum absolute atomic E-state index is 11.6. The second-order valence-corrected chi connectivity index (χ2v) is 4.29. The summed E-state index contributed by atoms with van der Waals surface area (Å²) < 4.78 is 2.05. The fourth-order valence-electron chi connectivity index (χ4n) is 1.28. The summed E-state index contributed by atoms with van der Waals surface area (Å²) in [4.78, 5) is 26.2. The van der Waals surface area contributed by atoms with Crippen LogP contribution >= 0.6 is 15.9 Å². The van der Waals surface area contributed by atoms with Gasteiger partial charge in [0.1, 0.15) is 6.04 Å². The van der Waals surface area contributed by atoms with Gasteiger partial charge in [0.05, 0.1) is 16.7 Å². The van der Waals surface area contributed by atoms with Crippen LogP contribution in [0, 0.1) is 13.8 Å². The van der Waals surface area contributed by atoms with Crippen molar-refractivity contribution in [3.63, 3.8) is 0 Å². The predicted octanol–water partition coefficient (Wildman–Crippen LogP) is -0.565. The largest absolute Gasteiger partial charge is 0.368 e. The molecule has 4 N–H and O–H groups in total. The first kappa shape index (κ1) is 12.9. The Labute approximate surface area is 101 Å². The number of aryl methyl sites for hydroxylation is 1. The first-order valence-electron chi connectivity index (χ1n) is 4.63. The van der Waals surface area contributed by atoms with E-state index >= 15 is 0 Å². The Hall–Kier alpha value is -1.21. The number of halogens is 1. The Morgan fingerprint density at radius 1 is 1.56 bits per heavy atom. The third-order valence-electron chi connectivity index (χ3n) is 2.28. The van der Waals surface area contributed by atoms with Crippen LogP contribution in [-0.4, -0.2) is 21.5 Å². The Bertz CT molecular complexity index is 483. The van der Waals surface area contributed by atoms with Crippen molar-refractivity contribution in [2.24, 2.45) is 11.5 Å². The van der Waals surface area contributed by atoms with E-state index in [0.29, 0.717) is 11.4 Å². The van der Waals surface area contributed by atoms with E-state index in [9.17, 15) is 9.59 Å². The van der Waals surface area contributed by atoms with Gasteiger partial charge in [0, 0.05) is 5.69 Å². The Balaban J connectivity index is 3.20. The predicted molar refractivity (Wildman–Crippen MR) is 62.8 cm³/mol. The number of carbonyl (C=O) groups excluding carboxylic acids is 1. The number of hydrogen-bond acceptors (Lipinski definition) is 4. The van der Waals surface area contributed by atoms with Crippen LogP contribution < -0.4 is 17.2 Å². The van der Waals surface area contributed by atoms with Gasteiger partial charge >= 0.3 is 5.69 Å². The lowest BCUT2D eigenvalue weighted by atomic mass is 10.2. The molecule has 0 saturated heterocycles. The molecule has 0 aliphatic heterocycles. The van der Waals surface area contributed by atoms with Gasteiger partial charge in [0.2, 0.25) is 5.91 Å². The number of amides is 1. The maximum atomic E-state index is 11.6. The molecule has 0 bridgehead atoms. The molecule has 1 atom stereocenters. The van der Waals surface area contributed by atoms with Crippen LogP contribution in [-0.2, 0) is 11.3 Å². The summed E-state index contributed by atoms with van der Waals surface area (Å²) in [6, 6.07) is -0.896. The van der Waals surface area contributed by atoms with Crippen molar-refractivity contribution in [3.05, 3.63) is 26.3 Å². The molecule has 1 aromatic heterocycles. The second-order valence-electron chi connectivity index (χ2n) is 3.50. The van der Waals surface area contributed by atoms with Crippen molar-refractivity contribution in [3.8, 4) is 0 Å². The number of carbonyl (C=O) groups is 1. The molecule has 0 aliphatic carbocycles. The van der Waals surface area contributed by atoms with Gasteiger partial charge in [-0.05, 0) is 29.8 Å². The minimum absolute atomic E-state index is 0.0336. The van der Waals surface area contributed by atoms with Crippen molar-refractivity contribution >= 4 is 21.8 Å². The maximum Gasteiger partial charge on any atom is 0.348 e. The number of rotatable bonds is 3. The van der Waals surface area contributed by atoms with E-state index in [1.807, 2.05) is 0 Å². The van der Waals surface area contributed by atoms with Crippen LogP contribution in [0.3, 0.4) is 0 Å². The lowest BCUT2D eigenvalue weighted by molar-refractivity contribution is -0.119. The Morgan fingerprint density at radius 2 is 2.12 bits per heavy atom. The first-order chi connectivity index (χ1) is 7.34. The van der Waals surface area contributed by atoms with Gasteiger partial charge in [-0.2, -0.15) is 4.98 Å². The molecular formula is C9H13BrN4O2. The molecule has 1 rings (SSSR count). The van der Waals surface area contributed by atoms with E-state index < -0.39 is 17.6 Å². The van der Waals surface area contributed by atoms with Crippen LogP contribution in [0.5, 0.6) is 0 Å². The number of aromatic nitrogens is 2. The smallest absolute Gasteiger partial charge is 0.348 e. The highest BCUT2D eigenvalue weighted by molar-refractivity contribution is 9.10. The average molecular weight is 289 g/mol. The molecular weight excluding hydrogens is 276 g/mol. The highest BCUT2D eigenvalue weighted by Gasteiger charge is 2.15. The standard InChI is InChI=1S/C9H13BrN4O2/c1-4-7(10)5(2)14(9(16)13-4)3-6(11)8(12)15/h6H,3,11H2,1-2H3,(H2,12,15). The molecule has 1 aromatic rings. The van der Waals surface area contributed by atoms with Gasteiger partial charge in [0.15, 0.2) is 0 Å². The third-order valence-corrected chi connectivity index (χ3v) is 3.43. The molecule has 0 fully saturated rings. The normalized spacial score (nSPS) is 12.5. The monoisotopic (exact) mass is 288 g/mol. The van der Waals surface area contributed by atoms with Gasteiger partial charge in [-0.25, -0.2) is 4.79 Å². The van der Waals surface area contributed by atoms with E-state index in [-0.39, 0.29) is 6.54 Å². The third kappa shape index (κ3) is 2.48. The fraction of sp³-hybridized carbons (Fsp3) is 0.444. The van der Waals surface area contributed by atoms with Crippen LogP contribution in [0.25, 0.3) is 0 Å². The molecule has 0 spiro atoms. The van der Waals surface area contributed by atoms with Crippen molar-refractivity contribution in [1.82, 2.24) is 9.55 Å². The molecule has 6 nitrogen and oxygen atoms in total. The molecule has 16 heavy (non-hydrogen) atoms. The van der Waals surface area contributed by atoms with Crippen LogP contribution in [0.2, 0.25) is 0 Å². The summed E-state index contributed by atoms with van der Waals surface area (Å²) in [6.45, 7) is 3.50. The van der Waals surface area contributed by atoms with Crippen LogP contribution in [0.1, 0.15) is 11.4 Å². The molecule has 1 amide bonds. The zero-order valence-electron chi connectivity index (χ0n) is 9.03. The topological polar surface area (TPSA) is 104 Å². The fourth-order valence-corrected chi connectivity index (χ4v) is 1.58. The zero-order valence-corrected chi connectivity index (χ0v) is 10.6. The van der Waals surface area contributed by atoms with Crippen molar-refractivity contribution in [2.75, 3.05) is 0 Å². The highest BCUT2D eigenvalue weighted by Crippen LogP contribution is 2.16. The molecule has 0 saturated carbocycles. The number of nitrogens with two attached hydrogens (primary N) is 2. The number of hydrogen-bond donors (Lipinski definition) is 2. The van der Waals surface area contributed by atoms with E-state index in [1.165, 1.54) is 4.57 Å². The SMILES string of the molecule is Cc1nc(=O)n(CC(N)C(N)=O)c(C)c1Br. The second kappa shape index (κ2) is 4.75. The molecule has 0 aliphatic rings. The summed E-state index contributed by atoms with van der Waals surface area (Å²) in [5, 5.41) is 0. The Kier molecular flexibility index (Phi) is 3.82. The number of nitrogens with zero attached hydrogens (tertiary/aromatic N) is 2. The van der Waals surface area contributed by atoms with Gasteiger partial charge in [0.25, 0.3) is 0 Å². The zero-order chi connectivity index (χ0) is 12.5. The molecule has 1 unspecified atom stereocenters. The first-order valence-corrected chi connectivity index (χ1v) is 5.42. The van der Waals surface area contributed by atoms with Crippen molar-refractivity contribution in [1.29, 1.82) is 0 Å². The Morgan fingerprint density at radius 3 is 2.62 bits per heavy atom. The van der Waals surface area contributed by atoms with Gasteiger partial charge in [-0.1, -0.05) is 0 Å². The summed E-state index contributed by atoms with van der Waals surface area (Å²) in [6.07, 6.45) is 0. The number of primary amides is 1.